The van der Waals surface area contributed by atoms with E-state index in [1.807, 2.05) is 24.3 Å². The second-order valence-electron chi connectivity index (χ2n) is 7.37. The lowest BCUT2D eigenvalue weighted by atomic mass is 9.92. The third-order valence-corrected chi connectivity index (χ3v) is 5.43. The van der Waals surface area contributed by atoms with Gasteiger partial charge in [-0.15, -0.1) is 0 Å². The third-order valence-electron chi connectivity index (χ3n) is 5.19. The molecule has 5 nitrogen and oxygen atoms in total. The summed E-state index contributed by atoms with van der Waals surface area (Å²) in [6.07, 6.45) is 4.60. The summed E-state index contributed by atoms with van der Waals surface area (Å²) in [5.74, 6) is 1.98. The van der Waals surface area contributed by atoms with Gasteiger partial charge in [0.15, 0.2) is 23.9 Å². The highest BCUT2D eigenvalue weighted by molar-refractivity contribution is 6.31. The number of carbonyl (C=O) groups excluding carboxylic acids is 1. The van der Waals surface area contributed by atoms with Crippen molar-refractivity contribution in [3.8, 4) is 23.0 Å². The number of rotatable bonds is 7. The Balaban J connectivity index is 1.43. The number of hydrogen-bond donors (Lipinski definition) is 1. The molecule has 1 aliphatic carbocycles. The van der Waals surface area contributed by atoms with E-state index >= 15 is 0 Å². The van der Waals surface area contributed by atoms with Gasteiger partial charge in [0, 0.05) is 5.02 Å². The second kappa shape index (κ2) is 9.75. The molecule has 0 heterocycles. The van der Waals surface area contributed by atoms with Crippen molar-refractivity contribution in [1.29, 1.82) is 0 Å². The lowest BCUT2D eigenvalue weighted by Gasteiger charge is -2.17. The summed E-state index contributed by atoms with van der Waals surface area (Å²) in [6, 6.07) is 18.4. The molecule has 1 amide bonds. The van der Waals surface area contributed by atoms with Crippen LogP contribution < -0.4 is 19.5 Å². The number of anilines is 1. The Labute approximate surface area is 186 Å². The zero-order valence-corrected chi connectivity index (χ0v) is 18.1. The predicted molar refractivity (Wildman–Crippen MR) is 122 cm³/mol. The molecule has 0 saturated heterocycles. The molecule has 0 saturated carbocycles. The van der Waals surface area contributed by atoms with Crippen LogP contribution in [0.25, 0.3) is 0 Å². The van der Waals surface area contributed by atoms with Gasteiger partial charge < -0.3 is 19.5 Å². The number of methoxy groups -OCH3 is 1. The number of aryl methyl sites for hydroxylation is 2. The Morgan fingerprint density at radius 1 is 0.935 bits per heavy atom. The van der Waals surface area contributed by atoms with E-state index in [1.54, 1.807) is 37.4 Å². The van der Waals surface area contributed by atoms with Gasteiger partial charge in [0.05, 0.1) is 12.8 Å². The maximum atomic E-state index is 12.6. The van der Waals surface area contributed by atoms with Crippen LogP contribution in [0.2, 0.25) is 5.02 Å². The Morgan fingerprint density at radius 3 is 2.52 bits per heavy atom. The van der Waals surface area contributed by atoms with E-state index in [4.69, 9.17) is 25.8 Å². The molecule has 160 valence electrons. The summed E-state index contributed by atoms with van der Waals surface area (Å²) in [7, 11) is 1.57. The molecular formula is C25H24ClNO4. The molecule has 0 fully saturated rings. The first-order valence-corrected chi connectivity index (χ1v) is 10.6. The molecule has 1 N–H and O–H groups in total. The normalized spacial score (nSPS) is 12.6. The van der Waals surface area contributed by atoms with Crippen molar-refractivity contribution in [2.24, 2.45) is 0 Å². The molecule has 0 spiro atoms. The summed E-state index contributed by atoms with van der Waals surface area (Å²) in [4.78, 5) is 12.6. The standard InChI is InChI=1S/C25H24ClNO4/c1-29-23-8-4-5-9-24(23)31-22-13-11-19(26)15-21(22)27-25(28)16-30-20-12-10-17-6-2-3-7-18(17)14-20/h4-5,8-15H,2-3,6-7,16H2,1H3,(H,27,28). The molecule has 0 unspecified atom stereocenters. The van der Waals surface area contributed by atoms with Crippen molar-refractivity contribution in [1.82, 2.24) is 0 Å². The minimum Gasteiger partial charge on any atom is -0.493 e. The maximum absolute atomic E-state index is 12.6. The number of fused-ring (bicyclic) bond motifs is 1. The highest BCUT2D eigenvalue weighted by Crippen LogP contribution is 2.36. The fraction of sp³-hybridized carbons (Fsp3) is 0.240. The molecule has 6 heteroatoms. The quantitative estimate of drug-likeness (QED) is 0.489. The molecule has 0 aliphatic heterocycles. The van der Waals surface area contributed by atoms with Crippen LogP contribution in [0, 0.1) is 0 Å². The fourth-order valence-electron chi connectivity index (χ4n) is 3.65. The Kier molecular flexibility index (Phi) is 6.63. The van der Waals surface area contributed by atoms with Gasteiger partial charge in [-0.25, -0.2) is 0 Å². The van der Waals surface area contributed by atoms with E-state index < -0.39 is 0 Å². The molecule has 3 aromatic carbocycles. The van der Waals surface area contributed by atoms with Gasteiger partial charge in [0.1, 0.15) is 5.75 Å². The van der Waals surface area contributed by atoms with Gasteiger partial charge in [-0.1, -0.05) is 29.8 Å². The molecule has 0 radical (unpaired) electrons. The SMILES string of the molecule is COc1ccccc1Oc1ccc(Cl)cc1NC(=O)COc1ccc2c(c1)CCCC2. The highest BCUT2D eigenvalue weighted by atomic mass is 35.5. The van der Waals surface area contributed by atoms with Crippen molar-refractivity contribution in [2.45, 2.75) is 25.7 Å². The smallest absolute Gasteiger partial charge is 0.262 e. The number of benzene rings is 3. The Morgan fingerprint density at radius 2 is 1.71 bits per heavy atom. The molecule has 0 bridgehead atoms. The zero-order valence-electron chi connectivity index (χ0n) is 17.3. The average Bonchev–Trinajstić information content (AvgIpc) is 2.79. The van der Waals surface area contributed by atoms with Crippen LogP contribution in [-0.4, -0.2) is 19.6 Å². The van der Waals surface area contributed by atoms with E-state index in [1.165, 1.54) is 24.0 Å². The number of hydrogen-bond acceptors (Lipinski definition) is 4. The molecule has 1 aliphatic rings. The van der Waals surface area contributed by atoms with Gasteiger partial charge in [-0.2, -0.15) is 0 Å². The van der Waals surface area contributed by atoms with Crippen LogP contribution in [0.1, 0.15) is 24.0 Å². The predicted octanol–water partition coefficient (Wildman–Crippen LogP) is 6.04. The summed E-state index contributed by atoms with van der Waals surface area (Å²) in [5.41, 5.74) is 3.14. The van der Waals surface area contributed by atoms with Gasteiger partial charge in [0.2, 0.25) is 0 Å². The van der Waals surface area contributed by atoms with Crippen LogP contribution in [0.15, 0.2) is 60.7 Å². The van der Waals surface area contributed by atoms with E-state index in [-0.39, 0.29) is 12.5 Å². The van der Waals surface area contributed by atoms with Crippen molar-refractivity contribution >= 4 is 23.2 Å². The number of amides is 1. The van der Waals surface area contributed by atoms with E-state index in [2.05, 4.69) is 11.4 Å². The van der Waals surface area contributed by atoms with E-state index in [0.717, 1.165) is 12.8 Å². The number of para-hydroxylation sites is 2. The van der Waals surface area contributed by atoms with Crippen LogP contribution >= 0.6 is 11.6 Å². The maximum Gasteiger partial charge on any atom is 0.262 e. The molecule has 0 atom stereocenters. The van der Waals surface area contributed by atoms with Crippen LogP contribution in [0.3, 0.4) is 0 Å². The van der Waals surface area contributed by atoms with Crippen molar-refractivity contribution in [3.63, 3.8) is 0 Å². The minimum atomic E-state index is -0.301. The van der Waals surface area contributed by atoms with Crippen LogP contribution in [0.4, 0.5) is 5.69 Å². The van der Waals surface area contributed by atoms with Crippen molar-refractivity contribution in [2.75, 3.05) is 19.0 Å². The summed E-state index contributed by atoms with van der Waals surface area (Å²) in [5, 5.41) is 3.31. The number of carbonyl (C=O) groups is 1. The Bertz CT molecular complexity index is 1080. The number of nitrogens with one attached hydrogen (secondary N) is 1. The molecule has 0 aromatic heterocycles. The van der Waals surface area contributed by atoms with E-state index in [0.29, 0.717) is 33.7 Å². The van der Waals surface area contributed by atoms with Crippen LogP contribution in [-0.2, 0) is 17.6 Å². The first-order valence-electron chi connectivity index (χ1n) is 10.3. The molecule has 31 heavy (non-hydrogen) atoms. The van der Waals surface area contributed by atoms with Crippen LogP contribution in [0.5, 0.6) is 23.0 Å². The zero-order chi connectivity index (χ0) is 21.6. The van der Waals surface area contributed by atoms with Gasteiger partial charge in [-0.05, 0) is 79.3 Å². The third kappa shape index (κ3) is 5.30. The number of halogens is 1. The molecule has 3 aromatic rings. The summed E-state index contributed by atoms with van der Waals surface area (Å²) >= 11 is 6.14. The topological polar surface area (TPSA) is 56.8 Å². The van der Waals surface area contributed by atoms with Gasteiger partial charge >= 0.3 is 0 Å². The summed E-state index contributed by atoms with van der Waals surface area (Å²) in [6.45, 7) is -0.112. The fourth-order valence-corrected chi connectivity index (χ4v) is 3.82. The second-order valence-corrected chi connectivity index (χ2v) is 7.80. The van der Waals surface area contributed by atoms with Gasteiger partial charge in [-0.3, -0.25) is 4.79 Å². The lowest BCUT2D eigenvalue weighted by Crippen LogP contribution is -2.20. The molecule has 4 rings (SSSR count). The Hall–Kier alpha value is -3.18. The lowest BCUT2D eigenvalue weighted by molar-refractivity contribution is -0.118. The largest absolute Gasteiger partial charge is 0.493 e. The molecular weight excluding hydrogens is 414 g/mol. The number of ether oxygens (including phenoxy) is 3. The van der Waals surface area contributed by atoms with Gasteiger partial charge in [0.25, 0.3) is 5.91 Å². The van der Waals surface area contributed by atoms with Crippen molar-refractivity contribution in [3.05, 3.63) is 76.8 Å². The monoisotopic (exact) mass is 437 g/mol. The van der Waals surface area contributed by atoms with E-state index in [9.17, 15) is 4.79 Å². The first kappa shape index (κ1) is 21.1. The highest BCUT2D eigenvalue weighted by Gasteiger charge is 2.14. The van der Waals surface area contributed by atoms with Crippen molar-refractivity contribution < 1.29 is 19.0 Å². The first-order chi connectivity index (χ1) is 15.1. The minimum absolute atomic E-state index is 0.112. The average molecular weight is 438 g/mol. The summed E-state index contributed by atoms with van der Waals surface area (Å²) < 4.78 is 17.0.